The molecule has 1 amide bonds. The second kappa shape index (κ2) is 6.93. The van der Waals surface area contributed by atoms with E-state index in [2.05, 4.69) is 12.2 Å². The van der Waals surface area contributed by atoms with E-state index in [0.29, 0.717) is 0 Å². The van der Waals surface area contributed by atoms with Crippen LogP contribution in [0.4, 0.5) is 0 Å². The number of amides is 1. The molecule has 1 heterocycles. The monoisotopic (exact) mass is 258 g/mol. The van der Waals surface area contributed by atoms with Crippen molar-refractivity contribution in [1.29, 1.82) is 0 Å². The minimum atomic E-state index is -0.532. The molecule has 5 heteroatoms. The molecule has 1 rings (SSSR count). The van der Waals surface area contributed by atoms with Crippen LogP contribution >= 0.6 is 23.1 Å². The van der Waals surface area contributed by atoms with Gasteiger partial charge in [0, 0.05) is 16.7 Å². The molecule has 90 valence electrons. The fraction of sp³-hybridized carbons (Fsp3) is 0.545. The highest BCUT2D eigenvalue weighted by Gasteiger charge is 2.19. The number of nitrogens with one attached hydrogen (secondary N) is 1. The predicted molar refractivity (Wildman–Crippen MR) is 71.9 cm³/mol. The van der Waals surface area contributed by atoms with Crippen molar-refractivity contribution in [1.82, 2.24) is 5.32 Å². The van der Waals surface area contributed by atoms with Gasteiger partial charge in [-0.25, -0.2) is 0 Å². The summed E-state index contributed by atoms with van der Waals surface area (Å²) in [6, 6.07) is 3.49. The number of thioether (sulfide) groups is 1. The number of hydrogen-bond donors (Lipinski definition) is 2. The molecular formula is C11H18N2OS2. The molecular weight excluding hydrogens is 240 g/mol. The average molecular weight is 258 g/mol. The summed E-state index contributed by atoms with van der Waals surface area (Å²) < 4.78 is 0. The third-order valence-corrected chi connectivity index (χ3v) is 4.03. The molecule has 2 unspecified atom stereocenters. The second-order valence-electron chi connectivity index (χ2n) is 3.56. The lowest BCUT2D eigenvalue weighted by Gasteiger charge is -2.18. The van der Waals surface area contributed by atoms with Crippen molar-refractivity contribution in [3.8, 4) is 0 Å². The molecule has 0 aliphatic rings. The molecule has 0 saturated carbocycles. The summed E-state index contributed by atoms with van der Waals surface area (Å²) in [6.07, 6.45) is 2.97. The normalized spacial score (nSPS) is 14.4. The molecule has 3 nitrogen and oxygen atoms in total. The SMILES string of the molecule is CCC(CSC)NC(=O)C(N)c1cccs1. The molecule has 0 bridgehead atoms. The molecule has 1 aromatic rings. The predicted octanol–water partition coefficient (Wildman–Crippen LogP) is 2.01. The van der Waals surface area contributed by atoms with E-state index in [1.807, 2.05) is 23.8 Å². The summed E-state index contributed by atoms with van der Waals surface area (Å²) in [5.41, 5.74) is 5.87. The van der Waals surface area contributed by atoms with Crippen LogP contribution < -0.4 is 11.1 Å². The van der Waals surface area contributed by atoms with Gasteiger partial charge in [-0.15, -0.1) is 11.3 Å². The van der Waals surface area contributed by atoms with Crippen LogP contribution in [-0.4, -0.2) is 24.0 Å². The minimum Gasteiger partial charge on any atom is -0.351 e. The summed E-state index contributed by atoms with van der Waals surface area (Å²) in [7, 11) is 0. The second-order valence-corrected chi connectivity index (χ2v) is 5.45. The molecule has 0 aliphatic heterocycles. The van der Waals surface area contributed by atoms with Gasteiger partial charge in [0.1, 0.15) is 6.04 Å². The van der Waals surface area contributed by atoms with Gasteiger partial charge in [0.05, 0.1) is 0 Å². The third kappa shape index (κ3) is 3.81. The summed E-state index contributed by atoms with van der Waals surface area (Å²) >= 11 is 3.25. The first-order valence-corrected chi connectivity index (χ1v) is 7.54. The molecule has 0 aromatic carbocycles. The van der Waals surface area contributed by atoms with E-state index in [1.165, 1.54) is 11.3 Å². The maximum absolute atomic E-state index is 11.8. The Labute approximate surface area is 105 Å². The lowest BCUT2D eigenvalue weighted by Crippen LogP contribution is -2.41. The highest BCUT2D eigenvalue weighted by molar-refractivity contribution is 7.98. The fourth-order valence-electron chi connectivity index (χ4n) is 1.35. The molecule has 0 radical (unpaired) electrons. The zero-order valence-corrected chi connectivity index (χ0v) is 11.2. The highest BCUT2D eigenvalue weighted by Crippen LogP contribution is 2.17. The van der Waals surface area contributed by atoms with E-state index < -0.39 is 6.04 Å². The van der Waals surface area contributed by atoms with Gasteiger partial charge in [-0.05, 0) is 24.1 Å². The summed E-state index contributed by atoms with van der Waals surface area (Å²) in [4.78, 5) is 12.8. The van der Waals surface area contributed by atoms with E-state index in [-0.39, 0.29) is 11.9 Å². The number of nitrogens with two attached hydrogens (primary N) is 1. The van der Waals surface area contributed by atoms with Crippen LogP contribution in [0.1, 0.15) is 24.3 Å². The van der Waals surface area contributed by atoms with Crippen LogP contribution in [0.2, 0.25) is 0 Å². The van der Waals surface area contributed by atoms with Gasteiger partial charge in [0.15, 0.2) is 0 Å². The lowest BCUT2D eigenvalue weighted by molar-refractivity contribution is -0.123. The summed E-state index contributed by atoms with van der Waals surface area (Å²) in [5.74, 6) is 0.850. The van der Waals surface area contributed by atoms with Crippen molar-refractivity contribution in [2.75, 3.05) is 12.0 Å². The first-order valence-electron chi connectivity index (χ1n) is 5.27. The van der Waals surface area contributed by atoms with Crippen LogP contribution in [0.25, 0.3) is 0 Å². The summed E-state index contributed by atoms with van der Waals surface area (Å²) in [5, 5.41) is 4.91. The van der Waals surface area contributed by atoms with Gasteiger partial charge in [0.25, 0.3) is 0 Å². The Kier molecular flexibility index (Phi) is 5.87. The van der Waals surface area contributed by atoms with Gasteiger partial charge in [-0.1, -0.05) is 13.0 Å². The largest absolute Gasteiger partial charge is 0.351 e. The van der Waals surface area contributed by atoms with Crippen LogP contribution in [0, 0.1) is 0 Å². The van der Waals surface area contributed by atoms with Crippen molar-refractivity contribution in [3.05, 3.63) is 22.4 Å². The smallest absolute Gasteiger partial charge is 0.242 e. The van der Waals surface area contributed by atoms with Crippen molar-refractivity contribution >= 4 is 29.0 Å². The van der Waals surface area contributed by atoms with Crippen molar-refractivity contribution in [3.63, 3.8) is 0 Å². The maximum atomic E-state index is 11.8. The first-order chi connectivity index (χ1) is 7.69. The van der Waals surface area contributed by atoms with Crippen molar-refractivity contribution in [2.45, 2.75) is 25.4 Å². The Hall–Kier alpha value is -0.520. The quantitative estimate of drug-likeness (QED) is 0.820. The van der Waals surface area contributed by atoms with Gasteiger partial charge in [-0.2, -0.15) is 11.8 Å². The average Bonchev–Trinajstić information content (AvgIpc) is 2.80. The standard InChI is InChI=1S/C11H18N2OS2/c1-3-8(7-15-2)13-11(14)10(12)9-5-4-6-16-9/h4-6,8,10H,3,7,12H2,1-2H3,(H,13,14). The first kappa shape index (κ1) is 13.5. The Morgan fingerprint density at radius 1 is 1.69 bits per heavy atom. The van der Waals surface area contributed by atoms with E-state index in [1.54, 1.807) is 11.8 Å². The number of hydrogen-bond acceptors (Lipinski definition) is 4. The molecule has 0 fully saturated rings. The number of rotatable bonds is 6. The minimum absolute atomic E-state index is 0.0802. The zero-order valence-electron chi connectivity index (χ0n) is 9.60. The van der Waals surface area contributed by atoms with E-state index in [4.69, 9.17) is 5.73 Å². The Bertz CT molecular complexity index is 314. The van der Waals surface area contributed by atoms with E-state index in [9.17, 15) is 4.79 Å². The Morgan fingerprint density at radius 3 is 2.94 bits per heavy atom. The molecule has 3 N–H and O–H groups in total. The van der Waals surface area contributed by atoms with Crippen LogP contribution in [0.15, 0.2) is 17.5 Å². The van der Waals surface area contributed by atoms with Gasteiger partial charge < -0.3 is 11.1 Å². The van der Waals surface area contributed by atoms with E-state index in [0.717, 1.165) is 17.1 Å². The molecule has 1 aromatic heterocycles. The van der Waals surface area contributed by atoms with Crippen molar-refractivity contribution in [2.24, 2.45) is 5.73 Å². The Morgan fingerprint density at radius 2 is 2.44 bits per heavy atom. The molecule has 2 atom stereocenters. The lowest BCUT2D eigenvalue weighted by atomic mass is 10.2. The molecule has 0 spiro atoms. The maximum Gasteiger partial charge on any atom is 0.242 e. The zero-order chi connectivity index (χ0) is 12.0. The topological polar surface area (TPSA) is 55.1 Å². The van der Waals surface area contributed by atoms with Gasteiger partial charge in [-0.3, -0.25) is 4.79 Å². The molecule has 16 heavy (non-hydrogen) atoms. The van der Waals surface area contributed by atoms with E-state index >= 15 is 0 Å². The number of thiophene rings is 1. The third-order valence-electron chi connectivity index (χ3n) is 2.34. The number of carbonyl (C=O) groups excluding carboxylic acids is 1. The molecule has 0 saturated heterocycles. The fourth-order valence-corrected chi connectivity index (χ4v) is 2.80. The van der Waals surface area contributed by atoms with Crippen LogP contribution in [-0.2, 0) is 4.79 Å². The van der Waals surface area contributed by atoms with Gasteiger partial charge >= 0.3 is 0 Å². The van der Waals surface area contributed by atoms with Crippen molar-refractivity contribution < 1.29 is 4.79 Å². The van der Waals surface area contributed by atoms with Gasteiger partial charge in [0.2, 0.25) is 5.91 Å². The molecule has 0 aliphatic carbocycles. The number of carbonyl (C=O) groups is 1. The summed E-state index contributed by atoms with van der Waals surface area (Å²) in [6.45, 7) is 2.07. The Balaban J connectivity index is 2.51. The van der Waals surface area contributed by atoms with Crippen LogP contribution in [0.5, 0.6) is 0 Å². The van der Waals surface area contributed by atoms with Crippen LogP contribution in [0.3, 0.4) is 0 Å². The highest BCUT2D eigenvalue weighted by atomic mass is 32.2.